The van der Waals surface area contributed by atoms with Gasteiger partial charge in [0.15, 0.2) is 0 Å². The highest BCUT2D eigenvalue weighted by Crippen LogP contribution is 2.04. The fraction of sp³-hybridized carbons (Fsp3) is 0.800. The van der Waals surface area contributed by atoms with Gasteiger partial charge in [0.05, 0.1) is 0 Å². The molecule has 0 saturated carbocycles. The van der Waals surface area contributed by atoms with Gasteiger partial charge in [-0.05, 0) is 6.42 Å². The topological polar surface area (TPSA) is 32.3 Å². The van der Waals surface area contributed by atoms with E-state index in [0.717, 1.165) is 13.0 Å². The summed E-state index contributed by atoms with van der Waals surface area (Å²) in [6, 6.07) is 0. The highest BCUT2D eigenvalue weighted by molar-refractivity contribution is 5.77. The van der Waals surface area contributed by atoms with Gasteiger partial charge in [-0.3, -0.25) is 9.80 Å². The molecule has 1 amide bonds. The Morgan fingerprint density at radius 2 is 2.50 bits per heavy atom. The Labute approximate surface area is 48.6 Å². The molecule has 0 radical (unpaired) electrons. The summed E-state index contributed by atoms with van der Waals surface area (Å²) >= 11 is 0. The average Bonchev–Trinajstić information content (AvgIpc) is 2.14. The molecule has 0 atom stereocenters. The van der Waals surface area contributed by atoms with Gasteiger partial charge < -0.3 is 0 Å². The van der Waals surface area contributed by atoms with E-state index in [4.69, 9.17) is 0 Å². The zero-order valence-corrected chi connectivity index (χ0v) is 4.98. The summed E-state index contributed by atoms with van der Waals surface area (Å²) in [5, 5.41) is 1.64. The van der Waals surface area contributed by atoms with Gasteiger partial charge in [-0.1, -0.05) is 0 Å². The number of hydrogen-bond donors (Lipinski definition) is 1. The lowest BCUT2D eigenvalue weighted by Gasteiger charge is -2.11. The molecule has 0 bridgehead atoms. The molecule has 0 aliphatic carbocycles. The van der Waals surface area contributed by atoms with Crippen LogP contribution in [0.25, 0.3) is 0 Å². The van der Waals surface area contributed by atoms with E-state index in [1.807, 2.05) is 0 Å². The third kappa shape index (κ3) is 0.816. The summed E-state index contributed by atoms with van der Waals surface area (Å²) in [5.41, 5.74) is 2.80. The maximum atomic E-state index is 10.7. The van der Waals surface area contributed by atoms with Crippen LogP contribution in [0.1, 0.15) is 12.8 Å². The van der Waals surface area contributed by atoms with Crippen molar-refractivity contribution < 1.29 is 4.79 Å². The van der Waals surface area contributed by atoms with Crippen molar-refractivity contribution in [3.05, 3.63) is 0 Å². The average molecular weight is 114 g/mol. The van der Waals surface area contributed by atoms with Crippen molar-refractivity contribution >= 4 is 5.91 Å². The van der Waals surface area contributed by atoms with Crippen molar-refractivity contribution in [3.63, 3.8) is 0 Å². The van der Waals surface area contributed by atoms with Crippen LogP contribution in [-0.2, 0) is 4.79 Å². The highest BCUT2D eigenvalue weighted by atomic mass is 16.2. The van der Waals surface area contributed by atoms with E-state index in [1.165, 1.54) is 0 Å². The second kappa shape index (κ2) is 2.13. The number of carbonyl (C=O) groups excluding carboxylic acids is 1. The Balaban J connectivity index is 2.42. The molecule has 0 aromatic carbocycles. The van der Waals surface area contributed by atoms with Crippen LogP contribution in [0.4, 0.5) is 0 Å². The molecule has 3 nitrogen and oxygen atoms in total. The van der Waals surface area contributed by atoms with Gasteiger partial charge in [0.25, 0.3) is 0 Å². The first-order valence-corrected chi connectivity index (χ1v) is 2.82. The molecule has 1 saturated heterocycles. The molecule has 1 heterocycles. The van der Waals surface area contributed by atoms with Crippen LogP contribution in [0, 0.1) is 0 Å². The van der Waals surface area contributed by atoms with Crippen LogP contribution in [0.5, 0.6) is 0 Å². The Kier molecular flexibility index (Phi) is 1.48. The third-order valence-electron chi connectivity index (χ3n) is 1.34. The predicted molar refractivity (Wildman–Crippen MR) is 30.0 cm³/mol. The maximum absolute atomic E-state index is 10.7. The number of hydrazine groups is 1. The number of hydrogen-bond acceptors (Lipinski definition) is 2. The molecule has 1 rings (SSSR count). The minimum Gasteiger partial charge on any atom is -0.278 e. The molecule has 3 heteroatoms. The van der Waals surface area contributed by atoms with E-state index in [-0.39, 0.29) is 5.91 Å². The lowest BCUT2D eigenvalue weighted by molar-refractivity contribution is -0.129. The van der Waals surface area contributed by atoms with Crippen molar-refractivity contribution in [1.82, 2.24) is 10.4 Å². The molecule has 1 aliphatic heterocycles. The third-order valence-corrected chi connectivity index (χ3v) is 1.34. The smallest absolute Gasteiger partial charge is 0.236 e. The minimum atomic E-state index is 0.215. The molecule has 0 unspecified atom stereocenters. The molecule has 8 heavy (non-hydrogen) atoms. The number of nitrogens with zero attached hydrogens (tertiary/aromatic N) is 1. The second-order valence-corrected chi connectivity index (χ2v) is 1.87. The zero-order valence-electron chi connectivity index (χ0n) is 4.98. The number of nitrogens with one attached hydrogen (secondary N) is 1. The van der Waals surface area contributed by atoms with Crippen LogP contribution >= 0.6 is 0 Å². The second-order valence-electron chi connectivity index (χ2n) is 1.87. The van der Waals surface area contributed by atoms with Gasteiger partial charge in [-0.15, -0.1) is 0 Å². The zero-order chi connectivity index (χ0) is 5.98. The van der Waals surface area contributed by atoms with E-state index >= 15 is 0 Å². The first kappa shape index (κ1) is 5.56. The first-order chi connectivity index (χ1) is 3.84. The van der Waals surface area contributed by atoms with E-state index in [2.05, 4.69) is 5.43 Å². The quantitative estimate of drug-likeness (QED) is 0.509. The molecule has 1 fully saturated rings. The van der Waals surface area contributed by atoms with Crippen molar-refractivity contribution in [2.24, 2.45) is 0 Å². The number of amides is 1. The van der Waals surface area contributed by atoms with Gasteiger partial charge in [-0.2, -0.15) is 0 Å². The van der Waals surface area contributed by atoms with Gasteiger partial charge in [0.1, 0.15) is 0 Å². The summed E-state index contributed by atoms with van der Waals surface area (Å²) in [7, 11) is 1.77. The van der Waals surface area contributed by atoms with Crippen molar-refractivity contribution in [2.45, 2.75) is 12.8 Å². The van der Waals surface area contributed by atoms with E-state index in [0.29, 0.717) is 6.42 Å². The normalized spacial score (nSPS) is 20.1. The number of rotatable bonds is 1. The van der Waals surface area contributed by atoms with Crippen molar-refractivity contribution in [1.29, 1.82) is 0 Å². The summed E-state index contributed by atoms with van der Waals surface area (Å²) < 4.78 is 0. The number of carbonyl (C=O) groups is 1. The molecule has 1 N–H and O–H groups in total. The van der Waals surface area contributed by atoms with Crippen molar-refractivity contribution in [2.75, 3.05) is 13.6 Å². The van der Waals surface area contributed by atoms with Crippen LogP contribution in [0.2, 0.25) is 0 Å². The van der Waals surface area contributed by atoms with Crippen LogP contribution in [-0.4, -0.2) is 24.5 Å². The van der Waals surface area contributed by atoms with Gasteiger partial charge >= 0.3 is 0 Å². The molecule has 0 spiro atoms. The van der Waals surface area contributed by atoms with Crippen LogP contribution < -0.4 is 5.43 Å². The van der Waals surface area contributed by atoms with Gasteiger partial charge in [0.2, 0.25) is 5.91 Å². The molecule has 1 aliphatic rings. The van der Waals surface area contributed by atoms with Crippen molar-refractivity contribution in [3.8, 4) is 0 Å². The molecular weight excluding hydrogens is 104 g/mol. The minimum absolute atomic E-state index is 0.215. The SMILES string of the molecule is CNN1CCCC1=O. The lowest BCUT2D eigenvalue weighted by Crippen LogP contribution is -2.35. The Morgan fingerprint density at radius 1 is 1.75 bits per heavy atom. The summed E-state index contributed by atoms with van der Waals surface area (Å²) in [4.78, 5) is 10.7. The summed E-state index contributed by atoms with van der Waals surface area (Å²) in [6.45, 7) is 0.870. The van der Waals surface area contributed by atoms with Crippen LogP contribution in [0.3, 0.4) is 0 Å². The Hall–Kier alpha value is -0.570. The molecule has 0 aromatic rings. The Bertz CT molecular complexity index is 103. The monoisotopic (exact) mass is 114 g/mol. The largest absolute Gasteiger partial charge is 0.278 e. The fourth-order valence-electron chi connectivity index (χ4n) is 0.885. The lowest BCUT2D eigenvalue weighted by atomic mass is 10.4. The first-order valence-electron chi connectivity index (χ1n) is 2.82. The Morgan fingerprint density at radius 3 is 2.75 bits per heavy atom. The summed E-state index contributed by atoms with van der Waals surface area (Å²) in [6.07, 6.45) is 1.71. The van der Waals surface area contributed by atoms with E-state index in [9.17, 15) is 4.79 Å². The van der Waals surface area contributed by atoms with Gasteiger partial charge in [-0.25, -0.2) is 5.43 Å². The predicted octanol–water partition coefficient (Wildman–Crippen LogP) is -0.257. The van der Waals surface area contributed by atoms with E-state index in [1.54, 1.807) is 12.1 Å². The van der Waals surface area contributed by atoms with Gasteiger partial charge in [0, 0.05) is 20.0 Å². The maximum Gasteiger partial charge on any atom is 0.236 e. The summed E-state index contributed by atoms with van der Waals surface area (Å²) in [5.74, 6) is 0.215. The van der Waals surface area contributed by atoms with E-state index < -0.39 is 0 Å². The molecule has 0 aromatic heterocycles. The molecule has 46 valence electrons. The van der Waals surface area contributed by atoms with Crippen LogP contribution in [0.15, 0.2) is 0 Å². The highest BCUT2D eigenvalue weighted by Gasteiger charge is 2.17. The standard InChI is InChI=1S/C5H10N2O/c1-6-7-4-2-3-5(7)8/h6H,2-4H2,1H3. The fourth-order valence-corrected chi connectivity index (χ4v) is 0.885. The molecular formula is C5H10N2O.